The summed E-state index contributed by atoms with van der Waals surface area (Å²) in [5.74, 6) is 0.787. The lowest BCUT2D eigenvalue weighted by Gasteiger charge is -2.37. The van der Waals surface area contributed by atoms with Crippen molar-refractivity contribution in [2.45, 2.75) is 58.2 Å². The molecule has 0 atom stereocenters. The predicted octanol–water partition coefficient (Wildman–Crippen LogP) is 8.00. The van der Waals surface area contributed by atoms with E-state index in [4.69, 9.17) is 16.3 Å². The van der Waals surface area contributed by atoms with Gasteiger partial charge >= 0.3 is 0 Å². The van der Waals surface area contributed by atoms with Crippen molar-refractivity contribution in [2.75, 3.05) is 13.7 Å². The highest BCUT2D eigenvalue weighted by Gasteiger charge is 2.32. The summed E-state index contributed by atoms with van der Waals surface area (Å²) < 4.78 is 7.06. The second-order valence-electron chi connectivity index (χ2n) is 10.4. The van der Waals surface area contributed by atoms with Crippen molar-refractivity contribution in [1.82, 2.24) is 10.2 Å². The van der Waals surface area contributed by atoms with E-state index in [0.717, 1.165) is 58.2 Å². The summed E-state index contributed by atoms with van der Waals surface area (Å²) >= 11 is 8.27. The summed E-state index contributed by atoms with van der Waals surface area (Å²) in [6.45, 7) is 4.50. The molecule has 5 nitrogen and oxygen atoms in total. The summed E-state index contributed by atoms with van der Waals surface area (Å²) in [7, 11) is 2.01. The molecule has 0 spiro atoms. The molecular weight excluding hydrogens is 540 g/mol. The molecule has 4 aromatic rings. The molecule has 0 saturated heterocycles. The van der Waals surface area contributed by atoms with Crippen LogP contribution in [0.2, 0.25) is 5.02 Å². The van der Waals surface area contributed by atoms with Gasteiger partial charge in [0.15, 0.2) is 5.78 Å². The minimum absolute atomic E-state index is 0.0298. The second-order valence-corrected chi connectivity index (χ2v) is 11.8. The number of nitrogens with one attached hydrogen (secondary N) is 1. The van der Waals surface area contributed by atoms with Crippen LogP contribution in [0.5, 0.6) is 5.75 Å². The largest absolute Gasteiger partial charge is 0.494 e. The quantitative estimate of drug-likeness (QED) is 0.206. The van der Waals surface area contributed by atoms with Crippen molar-refractivity contribution in [1.29, 1.82) is 0 Å². The fourth-order valence-corrected chi connectivity index (χ4v) is 7.05. The number of ether oxygens (including phenoxy) is 1. The molecule has 0 bridgehead atoms. The normalized spacial score (nSPS) is 17.1. The van der Waals surface area contributed by atoms with Gasteiger partial charge in [0.1, 0.15) is 10.6 Å². The zero-order valence-electron chi connectivity index (χ0n) is 23.2. The van der Waals surface area contributed by atoms with E-state index in [-0.39, 0.29) is 17.7 Å². The number of carbonyl (C=O) groups excluding carboxylic acids is 2. The molecule has 0 radical (unpaired) electrons. The van der Waals surface area contributed by atoms with Gasteiger partial charge in [-0.15, -0.1) is 11.3 Å². The van der Waals surface area contributed by atoms with E-state index < -0.39 is 0 Å². The Labute approximate surface area is 245 Å². The molecule has 1 amide bonds. The Morgan fingerprint density at radius 1 is 1.00 bits per heavy atom. The van der Waals surface area contributed by atoms with Gasteiger partial charge in [0.05, 0.1) is 11.6 Å². The van der Waals surface area contributed by atoms with Crippen LogP contribution in [0.4, 0.5) is 0 Å². The molecule has 0 unspecified atom stereocenters. The molecule has 3 aromatic carbocycles. The Balaban J connectivity index is 1.53. The third-order valence-corrected chi connectivity index (χ3v) is 9.52. The number of nitrogens with zero attached hydrogens (tertiary/aromatic N) is 1. The minimum atomic E-state index is -0.0298. The fourth-order valence-electron chi connectivity index (χ4n) is 5.58. The summed E-state index contributed by atoms with van der Waals surface area (Å²) in [5.41, 5.74) is 3.66. The first kappa shape index (κ1) is 28.3. The topological polar surface area (TPSA) is 58.6 Å². The van der Waals surface area contributed by atoms with E-state index in [1.54, 1.807) is 6.92 Å². The molecule has 5 rings (SSSR count). The number of benzene rings is 3. The van der Waals surface area contributed by atoms with Crippen LogP contribution in [0.25, 0.3) is 21.2 Å². The van der Waals surface area contributed by atoms with Crippen molar-refractivity contribution in [3.63, 3.8) is 0 Å². The van der Waals surface area contributed by atoms with Gasteiger partial charge in [-0.1, -0.05) is 60.1 Å². The smallest absolute Gasteiger partial charge is 0.266 e. The first-order valence-corrected chi connectivity index (χ1v) is 15.1. The summed E-state index contributed by atoms with van der Waals surface area (Å²) in [4.78, 5) is 28.7. The Bertz CT molecular complexity index is 1510. The average molecular weight is 575 g/mol. The van der Waals surface area contributed by atoms with Gasteiger partial charge in [-0.2, -0.15) is 0 Å². The number of thiophene rings is 1. The fraction of sp³-hybridized carbons (Fsp3) is 0.333. The van der Waals surface area contributed by atoms with E-state index in [9.17, 15) is 9.59 Å². The van der Waals surface area contributed by atoms with Gasteiger partial charge in [-0.25, -0.2) is 0 Å². The van der Waals surface area contributed by atoms with Gasteiger partial charge in [-0.3, -0.25) is 9.59 Å². The molecule has 1 N–H and O–H groups in total. The predicted molar refractivity (Wildman–Crippen MR) is 165 cm³/mol. The lowest BCUT2D eigenvalue weighted by Crippen LogP contribution is -2.44. The highest BCUT2D eigenvalue weighted by atomic mass is 35.5. The lowest BCUT2D eigenvalue weighted by molar-refractivity contribution is 0.0604. The standard InChI is InChI=1S/C33H35ClN2O3S/c1-4-39-29-18-13-24(23-11-9-22(10-12-23)21(2)37)19-25(29)20-36(27-16-14-26(35-3)15-17-27)33(38)32-31(34)28-7-5-6-8-30(28)40-32/h5-13,18-19,26-27,35H,4,14-17,20H2,1-3H3/t26-,27+. The number of ketones is 1. The summed E-state index contributed by atoms with van der Waals surface area (Å²) in [5, 5.41) is 4.85. The number of Topliss-reactive ketones (excluding diaryl/α,β-unsaturated/α-hetero) is 1. The highest BCUT2D eigenvalue weighted by molar-refractivity contribution is 7.21. The van der Waals surface area contributed by atoms with E-state index >= 15 is 0 Å². The van der Waals surface area contributed by atoms with Crippen molar-refractivity contribution in [2.24, 2.45) is 0 Å². The first-order valence-electron chi connectivity index (χ1n) is 13.9. The van der Waals surface area contributed by atoms with Crippen LogP contribution >= 0.6 is 22.9 Å². The van der Waals surface area contributed by atoms with Crippen molar-refractivity contribution in [3.8, 4) is 16.9 Å². The third kappa shape index (κ3) is 5.95. The van der Waals surface area contributed by atoms with Gasteiger partial charge in [-0.05, 0) is 75.9 Å². The van der Waals surface area contributed by atoms with Gasteiger partial charge in [0, 0.05) is 39.8 Å². The number of halogens is 1. The zero-order valence-corrected chi connectivity index (χ0v) is 24.8. The van der Waals surface area contributed by atoms with E-state index in [1.165, 1.54) is 11.3 Å². The van der Waals surface area contributed by atoms with Crippen molar-refractivity contribution in [3.05, 3.63) is 87.8 Å². The number of carbonyl (C=O) groups is 2. The van der Waals surface area contributed by atoms with Gasteiger partial charge < -0.3 is 15.0 Å². The molecule has 7 heteroatoms. The monoisotopic (exact) mass is 574 g/mol. The van der Waals surface area contributed by atoms with Crippen molar-refractivity contribution < 1.29 is 14.3 Å². The van der Waals surface area contributed by atoms with Crippen LogP contribution < -0.4 is 10.1 Å². The molecule has 1 aliphatic carbocycles. The molecule has 1 aliphatic rings. The summed E-state index contributed by atoms with van der Waals surface area (Å²) in [6, 6.07) is 22.3. The molecule has 1 heterocycles. The maximum Gasteiger partial charge on any atom is 0.266 e. The lowest BCUT2D eigenvalue weighted by atomic mass is 9.89. The number of fused-ring (bicyclic) bond motifs is 1. The average Bonchev–Trinajstić information content (AvgIpc) is 3.33. The Morgan fingerprint density at radius 2 is 1.70 bits per heavy atom. The van der Waals surface area contributed by atoms with Gasteiger partial charge in [0.2, 0.25) is 0 Å². The van der Waals surface area contributed by atoms with Crippen LogP contribution in [0.15, 0.2) is 66.7 Å². The van der Waals surface area contributed by atoms with Crippen LogP contribution in [-0.4, -0.2) is 42.3 Å². The number of rotatable bonds is 9. The Kier molecular flexibility index (Phi) is 8.89. The zero-order chi connectivity index (χ0) is 28.2. The van der Waals surface area contributed by atoms with Crippen molar-refractivity contribution >= 4 is 44.7 Å². The maximum atomic E-state index is 14.3. The van der Waals surface area contributed by atoms with E-state index in [0.29, 0.717) is 34.7 Å². The molecule has 0 aliphatic heterocycles. The Morgan fingerprint density at radius 3 is 2.35 bits per heavy atom. The van der Waals surface area contributed by atoms with Crippen LogP contribution in [0, 0.1) is 0 Å². The third-order valence-electron chi connectivity index (χ3n) is 7.86. The number of hydrogen-bond acceptors (Lipinski definition) is 5. The van der Waals surface area contributed by atoms with Crippen LogP contribution in [-0.2, 0) is 6.54 Å². The Hall–Kier alpha value is -3.19. The molecule has 1 aromatic heterocycles. The summed E-state index contributed by atoms with van der Waals surface area (Å²) in [6.07, 6.45) is 3.89. The van der Waals surface area contributed by atoms with Crippen LogP contribution in [0.1, 0.15) is 65.1 Å². The second kappa shape index (κ2) is 12.5. The maximum absolute atomic E-state index is 14.3. The highest BCUT2D eigenvalue weighted by Crippen LogP contribution is 2.38. The SMILES string of the molecule is CCOc1ccc(-c2ccc(C(C)=O)cc2)cc1CN(C(=O)c1sc2ccccc2c1Cl)[C@H]1CC[C@@H](NC)CC1. The van der Waals surface area contributed by atoms with Gasteiger partial charge in [0.25, 0.3) is 5.91 Å². The molecule has 40 heavy (non-hydrogen) atoms. The first-order chi connectivity index (χ1) is 19.4. The molecule has 1 saturated carbocycles. The molecule has 1 fully saturated rings. The number of hydrogen-bond donors (Lipinski definition) is 1. The van der Waals surface area contributed by atoms with E-state index in [2.05, 4.69) is 11.4 Å². The minimum Gasteiger partial charge on any atom is -0.494 e. The molecule has 208 valence electrons. The molecular formula is C33H35ClN2O3S. The number of amides is 1. The van der Waals surface area contributed by atoms with E-state index in [1.807, 2.05) is 79.5 Å². The van der Waals surface area contributed by atoms with Crippen LogP contribution in [0.3, 0.4) is 0 Å².